The van der Waals surface area contributed by atoms with Crippen molar-refractivity contribution < 1.29 is 4.42 Å². The second-order valence-electron chi connectivity index (χ2n) is 17.6. The molecular formula is C64H43N5O. The molecule has 0 atom stereocenters. The van der Waals surface area contributed by atoms with E-state index in [1.54, 1.807) is 6.08 Å². The first-order valence-electron chi connectivity index (χ1n) is 23.6. The van der Waals surface area contributed by atoms with Crippen LogP contribution in [0, 0.1) is 0 Å². The summed E-state index contributed by atoms with van der Waals surface area (Å²) in [5, 5.41) is 6.70. The van der Waals surface area contributed by atoms with E-state index in [0.717, 1.165) is 110 Å². The van der Waals surface area contributed by atoms with E-state index >= 15 is 0 Å². The van der Waals surface area contributed by atoms with Crippen LogP contribution in [-0.2, 0) is 0 Å². The number of aromatic nitrogens is 5. The van der Waals surface area contributed by atoms with E-state index in [-0.39, 0.29) is 0 Å². The Balaban J connectivity index is 0.997. The third-order valence-corrected chi connectivity index (χ3v) is 13.5. The molecule has 0 aliphatic rings. The van der Waals surface area contributed by atoms with Crippen LogP contribution in [0.15, 0.2) is 242 Å². The molecule has 70 heavy (non-hydrogen) atoms. The Kier molecular flexibility index (Phi) is 9.77. The molecule has 0 aliphatic heterocycles. The zero-order valence-electron chi connectivity index (χ0n) is 38.3. The SMILES string of the molecule is C=C/C=C\C=C(/C)c1ccccc1-n1c2ccccc2c2ccc3c4ccc5c6ccccc6n(-c6ccc(-c7nc(-c8ccccc8)nc(-c8cccc(-c9ccccc9)c8)n7)cc6)c5c4oc3c21. The average molecular weight is 898 g/mol. The van der Waals surface area contributed by atoms with Gasteiger partial charge in [0.1, 0.15) is 0 Å². The van der Waals surface area contributed by atoms with Gasteiger partial charge in [-0.25, -0.2) is 15.0 Å². The Hall–Kier alpha value is -9.39. The molecule has 9 aromatic carbocycles. The highest BCUT2D eigenvalue weighted by Crippen LogP contribution is 2.45. The largest absolute Gasteiger partial charge is 0.452 e. The van der Waals surface area contributed by atoms with Crippen LogP contribution in [0.1, 0.15) is 12.5 Å². The van der Waals surface area contributed by atoms with Crippen LogP contribution in [0.4, 0.5) is 0 Å². The maximum Gasteiger partial charge on any atom is 0.164 e. The summed E-state index contributed by atoms with van der Waals surface area (Å²) in [7, 11) is 0. The third kappa shape index (κ3) is 6.68. The van der Waals surface area contributed by atoms with Crippen LogP contribution < -0.4 is 0 Å². The molecule has 0 saturated carbocycles. The Bertz CT molecular complexity index is 4250. The fourth-order valence-electron chi connectivity index (χ4n) is 10.3. The van der Waals surface area contributed by atoms with E-state index in [9.17, 15) is 0 Å². The first kappa shape index (κ1) is 40.8. The van der Waals surface area contributed by atoms with E-state index in [0.29, 0.717) is 17.5 Å². The molecule has 4 aromatic heterocycles. The van der Waals surface area contributed by atoms with E-state index in [4.69, 9.17) is 19.4 Å². The molecule has 330 valence electrons. The van der Waals surface area contributed by atoms with Crippen LogP contribution in [0.25, 0.3) is 128 Å². The van der Waals surface area contributed by atoms with Gasteiger partial charge in [-0.1, -0.05) is 176 Å². The highest BCUT2D eigenvalue weighted by Gasteiger charge is 2.24. The maximum absolute atomic E-state index is 7.38. The summed E-state index contributed by atoms with van der Waals surface area (Å²) in [6.07, 6.45) is 7.94. The standard InChI is InChI=1S/C64H43N5O/c1-3-4-7-19-41(2)48-26-12-15-29-55(48)69-57-31-17-14-28-50(57)52-37-39-54-53-38-36-51-49-27-13-16-30-56(49)68(58(51)60(53)70-61(54)59(52)69)47-34-32-44(33-35-47)63-65-62(43-22-10-6-11-23-43)66-64(67-63)46-25-18-24-45(40-46)42-20-8-5-9-21-42/h3-40H,1H2,2H3/b7-4-,41-19+. The number of furan rings is 1. The van der Waals surface area contributed by atoms with Crippen molar-refractivity contribution >= 4 is 71.1 Å². The van der Waals surface area contributed by atoms with Gasteiger partial charge < -0.3 is 13.6 Å². The highest BCUT2D eigenvalue weighted by atomic mass is 16.3. The fraction of sp³-hybridized carbons (Fsp3) is 0.0156. The fourth-order valence-corrected chi connectivity index (χ4v) is 10.3. The van der Waals surface area contributed by atoms with E-state index in [1.165, 1.54) is 5.39 Å². The van der Waals surface area contributed by atoms with Crippen molar-refractivity contribution in [2.24, 2.45) is 0 Å². The summed E-state index contributed by atoms with van der Waals surface area (Å²) in [5.41, 5.74) is 15.3. The van der Waals surface area contributed by atoms with Crippen molar-refractivity contribution in [1.29, 1.82) is 0 Å². The van der Waals surface area contributed by atoms with E-state index < -0.39 is 0 Å². The van der Waals surface area contributed by atoms with Gasteiger partial charge >= 0.3 is 0 Å². The lowest BCUT2D eigenvalue weighted by Gasteiger charge is -2.14. The lowest BCUT2D eigenvalue weighted by Crippen LogP contribution is -2.00. The molecule has 0 N–H and O–H groups in total. The minimum absolute atomic E-state index is 0.599. The van der Waals surface area contributed by atoms with Crippen LogP contribution in [0.2, 0.25) is 0 Å². The predicted molar refractivity (Wildman–Crippen MR) is 291 cm³/mol. The lowest BCUT2D eigenvalue weighted by molar-refractivity contribution is 0.673. The number of hydrogen-bond acceptors (Lipinski definition) is 4. The van der Waals surface area contributed by atoms with Gasteiger partial charge in [0.05, 0.1) is 27.8 Å². The number of allylic oxidation sites excluding steroid dienone is 5. The summed E-state index contributed by atoms with van der Waals surface area (Å²) in [6.45, 7) is 6.03. The molecule has 13 aromatic rings. The second-order valence-corrected chi connectivity index (χ2v) is 17.6. The summed E-state index contributed by atoms with van der Waals surface area (Å²) in [4.78, 5) is 15.3. The molecule has 0 saturated heterocycles. The first-order chi connectivity index (χ1) is 34.6. The molecule has 13 rings (SSSR count). The summed E-state index contributed by atoms with van der Waals surface area (Å²) in [5.74, 6) is 1.83. The van der Waals surface area contributed by atoms with Crippen LogP contribution in [0.5, 0.6) is 0 Å². The van der Waals surface area contributed by atoms with Crippen molar-refractivity contribution in [2.75, 3.05) is 0 Å². The number of benzene rings is 9. The van der Waals surface area contributed by atoms with Crippen LogP contribution in [-0.4, -0.2) is 24.1 Å². The molecule has 0 fully saturated rings. The van der Waals surface area contributed by atoms with Crippen molar-refractivity contribution in [3.05, 3.63) is 243 Å². The summed E-state index contributed by atoms with van der Waals surface area (Å²) < 4.78 is 12.1. The zero-order valence-corrected chi connectivity index (χ0v) is 38.3. The quantitative estimate of drug-likeness (QED) is 0.135. The molecule has 6 heteroatoms. The number of para-hydroxylation sites is 3. The van der Waals surface area contributed by atoms with E-state index in [2.05, 4.69) is 199 Å². The molecule has 4 heterocycles. The van der Waals surface area contributed by atoms with Gasteiger partial charge in [0.2, 0.25) is 0 Å². The first-order valence-corrected chi connectivity index (χ1v) is 23.6. The van der Waals surface area contributed by atoms with Crippen LogP contribution >= 0.6 is 0 Å². The van der Waals surface area contributed by atoms with Crippen molar-refractivity contribution in [2.45, 2.75) is 6.92 Å². The van der Waals surface area contributed by atoms with Gasteiger partial charge in [-0.3, -0.25) is 0 Å². The predicted octanol–water partition coefficient (Wildman–Crippen LogP) is 16.8. The van der Waals surface area contributed by atoms with Gasteiger partial charge in [0, 0.05) is 60.3 Å². The summed E-state index contributed by atoms with van der Waals surface area (Å²) in [6, 6.07) is 72.4. The molecule has 0 amide bonds. The molecular weight excluding hydrogens is 855 g/mol. The highest BCUT2D eigenvalue weighted by molar-refractivity contribution is 6.26. The molecule has 0 spiro atoms. The van der Waals surface area contributed by atoms with Gasteiger partial charge in [-0.2, -0.15) is 0 Å². The molecule has 6 nitrogen and oxygen atoms in total. The number of fused-ring (bicyclic) bond motifs is 11. The third-order valence-electron chi connectivity index (χ3n) is 13.5. The molecule has 0 unspecified atom stereocenters. The number of nitrogens with zero attached hydrogens (tertiary/aromatic N) is 5. The normalized spacial score (nSPS) is 12.2. The topological polar surface area (TPSA) is 61.7 Å². The van der Waals surface area contributed by atoms with Crippen LogP contribution in [0.3, 0.4) is 0 Å². The number of rotatable bonds is 9. The Morgan fingerprint density at radius 3 is 1.59 bits per heavy atom. The zero-order chi connectivity index (χ0) is 46.7. The molecule has 0 aliphatic carbocycles. The molecule has 0 radical (unpaired) electrons. The monoisotopic (exact) mass is 897 g/mol. The second kappa shape index (κ2) is 16.7. The minimum atomic E-state index is 0.599. The molecule has 0 bridgehead atoms. The average Bonchev–Trinajstić information content (AvgIpc) is 4.09. The Morgan fingerprint density at radius 1 is 0.429 bits per heavy atom. The van der Waals surface area contributed by atoms with E-state index in [1.807, 2.05) is 48.6 Å². The van der Waals surface area contributed by atoms with Crippen molar-refractivity contribution in [3.63, 3.8) is 0 Å². The van der Waals surface area contributed by atoms with Crippen molar-refractivity contribution in [1.82, 2.24) is 24.1 Å². The maximum atomic E-state index is 7.38. The van der Waals surface area contributed by atoms with Gasteiger partial charge in [0.25, 0.3) is 0 Å². The van der Waals surface area contributed by atoms with Gasteiger partial charge in [-0.15, -0.1) is 0 Å². The Labute approximate surface area is 404 Å². The van der Waals surface area contributed by atoms with Gasteiger partial charge in [-0.05, 0) is 84.3 Å². The Morgan fingerprint density at radius 2 is 0.929 bits per heavy atom. The smallest absolute Gasteiger partial charge is 0.164 e. The summed E-state index contributed by atoms with van der Waals surface area (Å²) >= 11 is 0. The van der Waals surface area contributed by atoms with Gasteiger partial charge in [0.15, 0.2) is 28.6 Å². The number of hydrogen-bond donors (Lipinski definition) is 0. The minimum Gasteiger partial charge on any atom is -0.452 e. The lowest BCUT2D eigenvalue weighted by atomic mass is 10.0. The van der Waals surface area contributed by atoms with Crippen molar-refractivity contribution in [3.8, 4) is 56.7 Å².